The molecule has 134 valence electrons. The fourth-order valence-electron chi connectivity index (χ4n) is 4.00. The average molecular weight is 351 g/mol. The van der Waals surface area contributed by atoms with Gasteiger partial charge in [-0.05, 0) is 58.9 Å². The topological polar surface area (TPSA) is 26.0 Å². The van der Waals surface area contributed by atoms with Crippen LogP contribution in [0.25, 0.3) is 33.0 Å². The van der Waals surface area contributed by atoms with Crippen LogP contribution in [0.1, 0.15) is 23.6 Å². The van der Waals surface area contributed by atoms with E-state index in [1.807, 2.05) is 0 Å². The number of fused-ring (bicyclic) bond motifs is 1. The van der Waals surface area contributed by atoms with E-state index >= 15 is 0 Å². The van der Waals surface area contributed by atoms with Gasteiger partial charge in [0.2, 0.25) is 0 Å². The third-order valence-corrected chi connectivity index (χ3v) is 5.56. The zero-order valence-electron chi connectivity index (χ0n) is 16.2. The summed E-state index contributed by atoms with van der Waals surface area (Å²) in [6.07, 6.45) is 0.989. The molecule has 1 heteroatoms. The van der Waals surface area contributed by atoms with Gasteiger partial charge in [-0.2, -0.15) is 0 Å². The molecule has 4 rings (SSSR count). The molecule has 0 bridgehead atoms. The van der Waals surface area contributed by atoms with Crippen LogP contribution in [0.4, 0.5) is 5.69 Å². The second-order valence-electron chi connectivity index (χ2n) is 7.23. The minimum atomic E-state index is 0.897. The first-order valence-corrected chi connectivity index (χ1v) is 9.57. The van der Waals surface area contributed by atoms with Crippen LogP contribution in [0, 0.1) is 13.8 Å². The smallest absolute Gasteiger partial charge is 0.0432 e. The molecule has 0 aliphatic carbocycles. The van der Waals surface area contributed by atoms with Gasteiger partial charge in [0.1, 0.15) is 0 Å². The Bertz CT molecular complexity index is 1100. The molecule has 0 radical (unpaired) electrons. The van der Waals surface area contributed by atoms with Gasteiger partial charge in [-0.3, -0.25) is 0 Å². The first-order valence-electron chi connectivity index (χ1n) is 9.57. The summed E-state index contributed by atoms with van der Waals surface area (Å²) in [5, 5.41) is 2.55. The third-order valence-electron chi connectivity index (χ3n) is 5.56. The van der Waals surface area contributed by atoms with Crippen LogP contribution in [-0.2, 0) is 6.42 Å². The molecule has 0 saturated heterocycles. The van der Waals surface area contributed by atoms with Crippen LogP contribution in [-0.4, -0.2) is 0 Å². The number of nitrogen functional groups attached to an aromatic ring is 1. The van der Waals surface area contributed by atoms with Crippen molar-refractivity contribution < 1.29 is 0 Å². The van der Waals surface area contributed by atoms with E-state index in [2.05, 4.69) is 93.6 Å². The van der Waals surface area contributed by atoms with E-state index in [0.29, 0.717) is 0 Å². The highest BCUT2D eigenvalue weighted by Gasteiger charge is 2.15. The molecule has 4 aromatic rings. The van der Waals surface area contributed by atoms with E-state index in [1.54, 1.807) is 0 Å². The van der Waals surface area contributed by atoms with Crippen LogP contribution in [0.5, 0.6) is 0 Å². The summed E-state index contributed by atoms with van der Waals surface area (Å²) in [5.74, 6) is 0. The number of anilines is 1. The quantitative estimate of drug-likeness (QED) is 0.398. The van der Waals surface area contributed by atoms with E-state index in [1.165, 1.54) is 44.2 Å². The van der Waals surface area contributed by atoms with Gasteiger partial charge in [0.05, 0.1) is 0 Å². The number of benzene rings is 4. The van der Waals surface area contributed by atoms with Crippen LogP contribution in [0.15, 0.2) is 72.8 Å². The maximum Gasteiger partial charge on any atom is 0.0432 e. The van der Waals surface area contributed by atoms with Crippen molar-refractivity contribution >= 4 is 16.5 Å². The second-order valence-corrected chi connectivity index (χ2v) is 7.23. The molecule has 0 aliphatic rings. The number of aryl methyl sites for hydroxylation is 2. The Balaban J connectivity index is 1.88. The van der Waals surface area contributed by atoms with Gasteiger partial charge >= 0.3 is 0 Å². The molecule has 0 atom stereocenters. The van der Waals surface area contributed by atoms with Crippen molar-refractivity contribution in [2.45, 2.75) is 27.2 Å². The molecule has 4 aromatic carbocycles. The van der Waals surface area contributed by atoms with Gasteiger partial charge in [-0.15, -0.1) is 0 Å². The number of hydrogen-bond acceptors (Lipinski definition) is 1. The Morgan fingerprint density at radius 3 is 1.78 bits per heavy atom. The first-order chi connectivity index (χ1) is 13.1. The SMILES string of the molecule is CCc1c(C)c(N)c(-c2ccc(-c3ccc(C)cc3)cc2)c2ccccc12. The number of hydrogen-bond donors (Lipinski definition) is 1. The normalized spacial score (nSPS) is 11.1. The molecule has 0 aromatic heterocycles. The van der Waals surface area contributed by atoms with Gasteiger partial charge in [-0.1, -0.05) is 85.3 Å². The summed E-state index contributed by atoms with van der Waals surface area (Å²) in [6.45, 7) is 6.46. The predicted molar refractivity (Wildman–Crippen MR) is 118 cm³/mol. The lowest BCUT2D eigenvalue weighted by Crippen LogP contribution is -2.00. The van der Waals surface area contributed by atoms with Crippen molar-refractivity contribution in [3.63, 3.8) is 0 Å². The Morgan fingerprint density at radius 2 is 1.19 bits per heavy atom. The molecule has 0 amide bonds. The summed E-state index contributed by atoms with van der Waals surface area (Å²) in [6, 6.07) is 26.0. The number of rotatable bonds is 3. The Labute approximate surface area is 161 Å². The summed E-state index contributed by atoms with van der Waals surface area (Å²) >= 11 is 0. The fraction of sp³-hybridized carbons (Fsp3) is 0.154. The fourth-order valence-corrected chi connectivity index (χ4v) is 4.00. The highest BCUT2D eigenvalue weighted by atomic mass is 14.6. The van der Waals surface area contributed by atoms with Gasteiger partial charge in [-0.25, -0.2) is 0 Å². The number of nitrogens with two attached hydrogens (primary N) is 1. The summed E-state index contributed by atoms with van der Waals surface area (Å²) in [5.41, 5.74) is 16.1. The monoisotopic (exact) mass is 351 g/mol. The average Bonchev–Trinajstić information content (AvgIpc) is 2.70. The first kappa shape index (κ1) is 17.4. The molecule has 0 unspecified atom stereocenters. The highest BCUT2D eigenvalue weighted by Crippen LogP contribution is 2.39. The minimum Gasteiger partial charge on any atom is -0.398 e. The van der Waals surface area contributed by atoms with Crippen molar-refractivity contribution in [2.24, 2.45) is 0 Å². The third kappa shape index (κ3) is 3.00. The van der Waals surface area contributed by atoms with Crippen LogP contribution in [0.3, 0.4) is 0 Å². The van der Waals surface area contributed by atoms with Crippen LogP contribution >= 0.6 is 0 Å². The molecular weight excluding hydrogens is 326 g/mol. The highest BCUT2D eigenvalue weighted by molar-refractivity contribution is 6.05. The standard InChI is InChI=1S/C26H25N/c1-4-22-18(3)26(27)25(24-8-6-5-7-23(22)24)21-15-13-20(14-16-21)19-11-9-17(2)10-12-19/h5-16H,4,27H2,1-3H3. The molecule has 0 spiro atoms. The summed E-state index contributed by atoms with van der Waals surface area (Å²) in [7, 11) is 0. The molecule has 1 nitrogen and oxygen atoms in total. The van der Waals surface area contributed by atoms with Crippen molar-refractivity contribution in [3.8, 4) is 22.3 Å². The van der Waals surface area contributed by atoms with Crippen LogP contribution < -0.4 is 5.73 Å². The van der Waals surface area contributed by atoms with E-state index in [4.69, 9.17) is 5.73 Å². The summed E-state index contributed by atoms with van der Waals surface area (Å²) < 4.78 is 0. The van der Waals surface area contributed by atoms with E-state index < -0.39 is 0 Å². The summed E-state index contributed by atoms with van der Waals surface area (Å²) in [4.78, 5) is 0. The van der Waals surface area contributed by atoms with Gasteiger partial charge < -0.3 is 5.73 Å². The maximum absolute atomic E-state index is 6.62. The van der Waals surface area contributed by atoms with Gasteiger partial charge in [0, 0.05) is 11.3 Å². The Hall–Kier alpha value is -3.06. The molecule has 2 N–H and O–H groups in total. The maximum atomic E-state index is 6.62. The lowest BCUT2D eigenvalue weighted by molar-refractivity contribution is 1.13. The zero-order chi connectivity index (χ0) is 19.0. The molecular formula is C26H25N. The Morgan fingerprint density at radius 1 is 0.667 bits per heavy atom. The Kier molecular flexibility index (Phi) is 4.45. The molecule has 0 saturated carbocycles. The minimum absolute atomic E-state index is 0.897. The van der Waals surface area contributed by atoms with Crippen molar-refractivity contribution in [3.05, 3.63) is 89.5 Å². The second kappa shape index (κ2) is 6.92. The van der Waals surface area contributed by atoms with Gasteiger partial charge in [0.25, 0.3) is 0 Å². The van der Waals surface area contributed by atoms with Crippen LogP contribution in [0.2, 0.25) is 0 Å². The molecule has 0 aliphatic heterocycles. The zero-order valence-corrected chi connectivity index (χ0v) is 16.2. The molecule has 0 heterocycles. The van der Waals surface area contributed by atoms with Crippen molar-refractivity contribution in [1.29, 1.82) is 0 Å². The molecule has 27 heavy (non-hydrogen) atoms. The predicted octanol–water partition coefficient (Wildman–Crippen LogP) is 6.94. The van der Waals surface area contributed by atoms with E-state index in [0.717, 1.165) is 17.7 Å². The van der Waals surface area contributed by atoms with E-state index in [9.17, 15) is 0 Å². The molecule has 0 fully saturated rings. The largest absolute Gasteiger partial charge is 0.398 e. The lowest BCUT2D eigenvalue weighted by Gasteiger charge is -2.18. The van der Waals surface area contributed by atoms with Crippen molar-refractivity contribution in [2.75, 3.05) is 5.73 Å². The van der Waals surface area contributed by atoms with Crippen molar-refractivity contribution in [1.82, 2.24) is 0 Å². The van der Waals surface area contributed by atoms with E-state index in [-0.39, 0.29) is 0 Å². The lowest BCUT2D eigenvalue weighted by atomic mass is 9.88. The van der Waals surface area contributed by atoms with Gasteiger partial charge in [0.15, 0.2) is 0 Å².